The van der Waals surface area contributed by atoms with Gasteiger partial charge in [-0.2, -0.15) is 17.5 Å². The Labute approximate surface area is 443 Å². The van der Waals surface area contributed by atoms with Gasteiger partial charge in [-0.15, -0.1) is 0 Å². The lowest BCUT2D eigenvalue weighted by Crippen LogP contribution is -2.19. The molecule has 0 fully saturated rings. The van der Waals surface area contributed by atoms with E-state index < -0.39 is 0 Å². The number of carbonyl (C=O) groups excluding carboxylic acids is 2. The highest BCUT2D eigenvalue weighted by molar-refractivity contribution is 9.10. The molecule has 0 spiro atoms. The third-order valence-corrected chi connectivity index (χ3v) is 11.7. The Morgan fingerprint density at radius 3 is 1.50 bits per heavy atom. The average molecular weight is 1130 g/mol. The number of carbonyl (C=O) groups is 2. The van der Waals surface area contributed by atoms with Gasteiger partial charge in [0.05, 0.1) is 6.61 Å². The van der Waals surface area contributed by atoms with E-state index in [1.54, 1.807) is 42.9 Å². The van der Waals surface area contributed by atoms with Gasteiger partial charge in [-0.05, 0) is 97.1 Å². The van der Waals surface area contributed by atoms with Gasteiger partial charge in [-0.25, -0.2) is 45.4 Å². The molecule has 8 heterocycles. The number of anilines is 7. The Morgan fingerprint density at radius 1 is 0.611 bits per heavy atom. The van der Waals surface area contributed by atoms with Crippen LogP contribution in [0.1, 0.15) is 78.6 Å². The number of amides is 1. The number of hydroxylamine groups is 1. The Balaban J connectivity index is 0.000000332. The van der Waals surface area contributed by atoms with Gasteiger partial charge < -0.3 is 31.1 Å². The Kier molecular flexibility index (Phi) is 33.4. The van der Waals surface area contributed by atoms with Crippen LogP contribution in [0.2, 0.25) is 0 Å². The van der Waals surface area contributed by atoms with E-state index in [1.165, 1.54) is 58.8 Å². The summed E-state index contributed by atoms with van der Waals surface area (Å²) in [4.78, 5) is 59.2. The van der Waals surface area contributed by atoms with Crippen LogP contribution in [0.3, 0.4) is 0 Å². The monoisotopic (exact) mass is 1130 g/mol. The molecule has 0 aromatic carbocycles. The van der Waals surface area contributed by atoms with Crippen molar-refractivity contribution in [3.05, 3.63) is 127 Å². The molecule has 0 saturated heterocycles. The van der Waals surface area contributed by atoms with Gasteiger partial charge in [0.25, 0.3) is 0 Å². The number of halogens is 1. The molecule has 8 rings (SSSR count). The fourth-order valence-corrected chi connectivity index (χ4v) is 7.74. The van der Waals surface area contributed by atoms with Crippen LogP contribution in [-0.2, 0) is 14.3 Å². The summed E-state index contributed by atoms with van der Waals surface area (Å²) < 4.78 is 21.4. The van der Waals surface area contributed by atoms with Crippen LogP contribution >= 0.6 is 62.1 Å². The van der Waals surface area contributed by atoms with Crippen molar-refractivity contribution in [2.24, 2.45) is 0 Å². The Morgan fingerprint density at radius 2 is 1.11 bits per heavy atom. The van der Waals surface area contributed by atoms with Crippen LogP contribution in [0.15, 0.2) is 127 Å². The Bertz CT molecular complexity index is 2460. The highest BCUT2D eigenvalue weighted by Gasteiger charge is 2.14. The van der Waals surface area contributed by atoms with Crippen molar-refractivity contribution in [2.45, 2.75) is 78.6 Å². The molecule has 72 heavy (non-hydrogen) atoms. The number of nitrogens with two attached hydrogens (primary N) is 1. The summed E-state index contributed by atoms with van der Waals surface area (Å²) in [7, 11) is 0. The maximum absolute atomic E-state index is 11.3. The van der Waals surface area contributed by atoms with Crippen molar-refractivity contribution in [3.8, 4) is 0 Å². The number of unbranched alkanes of at least 4 members (excludes halogenated alkanes) is 6. The molecule has 0 radical (unpaired) electrons. The first-order chi connectivity index (χ1) is 34.4. The molecule has 386 valence electrons. The van der Waals surface area contributed by atoms with E-state index in [0.717, 1.165) is 102 Å². The van der Waals surface area contributed by atoms with Crippen molar-refractivity contribution in [2.75, 3.05) is 40.5 Å². The van der Waals surface area contributed by atoms with E-state index >= 15 is 0 Å². The fraction of sp³-hybridized carbons (Fsp3) is 0.333. The molecule has 0 unspecified atom stereocenters. The van der Waals surface area contributed by atoms with Crippen molar-refractivity contribution in [1.29, 1.82) is 0 Å². The van der Waals surface area contributed by atoms with Crippen LogP contribution < -0.4 is 26.3 Å². The van der Waals surface area contributed by atoms with Crippen molar-refractivity contribution < 1.29 is 25.0 Å². The van der Waals surface area contributed by atoms with Crippen LogP contribution in [-0.4, -0.2) is 99.6 Å². The fourth-order valence-electron chi connectivity index (χ4n) is 5.60. The van der Waals surface area contributed by atoms with Gasteiger partial charge in [0.15, 0.2) is 5.13 Å². The summed E-state index contributed by atoms with van der Waals surface area (Å²) in [6, 6.07) is 23.0. The maximum atomic E-state index is 11.3. The summed E-state index contributed by atoms with van der Waals surface area (Å²) in [5, 5.41) is 14.4. The highest BCUT2D eigenvalue weighted by Crippen LogP contribution is 2.26. The van der Waals surface area contributed by atoms with E-state index in [0.29, 0.717) is 24.6 Å². The molecule has 0 aliphatic heterocycles. The minimum Gasteiger partial charge on any atom is -0.466 e. The predicted molar refractivity (Wildman–Crippen MR) is 289 cm³/mol. The summed E-state index contributed by atoms with van der Waals surface area (Å²) in [6.45, 7) is 3.93. The number of aromatic nitrogens is 12. The molecule has 7 N–H and O–H groups in total. The second-order valence-corrected chi connectivity index (χ2v) is 17.7. The number of rotatable bonds is 21. The summed E-state index contributed by atoms with van der Waals surface area (Å²) >= 11 is 8.41. The molecule has 22 nitrogen and oxygen atoms in total. The van der Waals surface area contributed by atoms with E-state index in [9.17, 15) is 9.59 Å². The number of nitrogens with one attached hydrogen (secondary N) is 2. The van der Waals surface area contributed by atoms with Crippen LogP contribution in [0.5, 0.6) is 0 Å². The normalized spacial score (nSPS) is 9.71. The van der Waals surface area contributed by atoms with Gasteiger partial charge in [0.1, 0.15) is 47.4 Å². The number of ether oxygens (including phenoxy) is 1. The number of nitrogens with zero attached hydrogens (tertiary/aromatic N) is 14. The molecule has 0 saturated carbocycles. The van der Waals surface area contributed by atoms with Crippen molar-refractivity contribution in [3.63, 3.8) is 0 Å². The lowest BCUT2D eigenvalue weighted by molar-refractivity contribution is -0.143. The maximum Gasteiger partial charge on any atom is 0.305 e. The number of hydrogen-bond acceptors (Lipinski definition) is 24. The SMILES string of the molecule is Brc1ccccn1.C.CCOC(=O)CCCCCCN(c1ccccn1)c1ncns1.Nc1ncns1.O.O=C(CCCCCCN(c1ccccn1)c1ncns1)NO.c1ccc(Nc2ncns2)nc1. The quantitative estimate of drug-likeness (QED) is 0.0171. The van der Waals surface area contributed by atoms with Crippen LogP contribution in [0.25, 0.3) is 0 Å². The standard InChI is InChI=1S/C16H22N4O2S.C14H19N5O2S.C7H6N4S.C5H4BrN.C2H3N3S.CH4.H2O/c1-2-22-15(21)10-5-3-4-8-12-20(16-18-13-19-23-16)14-9-6-7-11-17-14;20-13(18-21)8-3-1-2-6-10-19(14-16-11-17-22-14)12-7-4-5-9-15-12;1-2-4-8-6(3-1)11-7-9-5-10-12-7;6-5-3-1-2-4-7-5;3-2-4-1-5-6-2;;/h6-7,9,11,13H,2-5,8,10,12H2,1H3;4-5,7,9,11,21H,1-3,6,8,10H2,(H,18,20);1-5H,(H,8,9,10,11);1-4H;1H,(H2,3,4,5);1H4;1H2. The number of hydrogen-bond donors (Lipinski definition) is 4. The second kappa shape index (κ2) is 39.0. The van der Waals surface area contributed by atoms with E-state index in [4.69, 9.17) is 15.7 Å². The van der Waals surface area contributed by atoms with Crippen LogP contribution in [0, 0.1) is 0 Å². The number of esters is 1. The van der Waals surface area contributed by atoms with E-state index in [-0.39, 0.29) is 24.8 Å². The van der Waals surface area contributed by atoms with Gasteiger partial charge in [0, 0.05) is 96.8 Å². The molecular weight excluding hydrogens is 1070 g/mol. The van der Waals surface area contributed by atoms with E-state index in [2.05, 4.69) is 88.4 Å². The highest BCUT2D eigenvalue weighted by atomic mass is 79.9. The molecule has 0 atom stereocenters. The summed E-state index contributed by atoms with van der Waals surface area (Å²) in [6.07, 6.45) is 21.6. The predicted octanol–water partition coefficient (Wildman–Crippen LogP) is 9.56. The summed E-state index contributed by atoms with van der Waals surface area (Å²) in [5.41, 5.74) is 6.77. The number of nitrogen functional groups attached to an aromatic ring is 1. The van der Waals surface area contributed by atoms with Crippen molar-refractivity contribution in [1.82, 2.24) is 62.8 Å². The van der Waals surface area contributed by atoms with E-state index in [1.807, 2.05) is 79.7 Å². The lowest BCUT2D eigenvalue weighted by atomic mass is 10.1. The third-order valence-electron chi connectivity index (χ3n) is 8.76. The van der Waals surface area contributed by atoms with Gasteiger partial charge in [-0.3, -0.25) is 14.8 Å². The molecule has 0 aliphatic carbocycles. The van der Waals surface area contributed by atoms with Crippen molar-refractivity contribution >= 4 is 112 Å². The second-order valence-electron chi connectivity index (χ2n) is 13.8. The molecule has 27 heteroatoms. The number of pyridine rings is 4. The first-order valence-corrected chi connectivity index (χ1v) is 25.8. The Hall–Kier alpha value is -6.62. The first kappa shape index (κ1) is 61.5. The largest absolute Gasteiger partial charge is 0.466 e. The topological polar surface area (TPSA) is 306 Å². The molecule has 1 amide bonds. The minimum atomic E-state index is -0.330. The molecular formula is C45H60BrN17O5S4. The molecule has 0 bridgehead atoms. The lowest BCUT2D eigenvalue weighted by Gasteiger charge is -2.20. The zero-order chi connectivity index (χ0) is 49.7. The molecule has 8 aromatic rings. The average Bonchev–Trinajstić information content (AvgIpc) is 4.27. The van der Waals surface area contributed by atoms with Gasteiger partial charge in [-0.1, -0.05) is 57.4 Å². The van der Waals surface area contributed by atoms with Gasteiger partial charge >= 0.3 is 5.97 Å². The minimum absolute atomic E-state index is 0. The smallest absolute Gasteiger partial charge is 0.305 e. The molecule has 8 aromatic heterocycles. The molecule has 0 aliphatic rings. The zero-order valence-electron chi connectivity index (χ0n) is 38.8. The third kappa shape index (κ3) is 26.6. The zero-order valence-corrected chi connectivity index (χ0v) is 43.6. The van der Waals surface area contributed by atoms with Crippen LogP contribution in [0.4, 0.5) is 38.0 Å². The summed E-state index contributed by atoms with van der Waals surface area (Å²) in [5.74, 6) is 2.10. The first-order valence-electron chi connectivity index (χ1n) is 21.9. The van der Waals surface area contributed by atoms with Gasteiger partial charge in [0.2, 0.25) is 21.3 Å².